The highest BCUT2D eigenvalue weighted by atomic mass is 16.6. The van der Waals surface area contributed by atoms with Crippen molar-refractivity contribution in [2.75, 3.05) is 13.2 Å². The first-order chi connectivity index (χ1) is 35.0. The number of hydrogen-bond acceptors (Lipinski definition) is 6. The Hall–Kier alpha value is -3.93. The Balaban J connectivity index is 4.31. The van der Waals surface area contributed by atoms with E-state index in [4.69, 9.17) is 14.2 Å². The third-order valence-electron chi connectivity index (χ3n) is 12.3. The number of ether oxygens (including phenoxy) is 3. The molecule has 71 heavy (non-hydrogen) atoms. The van der Waals surface area contributed by atoms with Crippen molar-refractivity contribution in [3.8, 4) is 0 Å². The van der Waals surface area contributed by atoms with Gasteiger partial charge in [0.05, 0.1) is 0 Å². The largest absolute Gasteiger partial charge is 0.462 e. The maximum Gasteiger partial charge on any atom is 0.306 e. The molecule has 0 heterocycles. The van der Waals surface area contributed by atoms with Crippen molar-refractivity contribution in [3.63, 3.8) is 0 Å². The van der Waals surface area contributed by atoms with Gasteiger partial charge in [0.2, 0.25) is 0 Å². The second-order valence-corrected chi connectivity index (χ2v) is 19.2. The van der Waals surface area contributed by atoms with Crippen LogP contribution in [0.25, 0.3) is 0 Å². The van der Waals surface area contributed by atoms with E-state index in [0.29, 0.717) is 19.3 Å². The monoisotopic (exact) mass is 985 g/mol. The zero-order chi connectivity index (χ0) is 51.4. The summed E-state index contributed by atoms with van der Waals surface area (Å²) in [7, 11) is 0. The number of carbonyl (C=O) groups excluding carboxylic acids is 3. The third kappa shape index (κ3) is 56.9. The predicted molar refractivity (Wildman–Crippen MR) is 307 cm³/mol. The van der Waals surface area contributed by atoms with Crippen molar-refractivity contribution in [1.82, 2.24) is 0 Å². The summed E-state index contributed by atoms with van der Waals surface area (Å²) in [5, 5.41) is 0. The number of carbonyl (C=O) groups is 3. The molecule has 1 unspecified atom stereocenters. The normalized spacial score (nSPS) is 12.9. The number of hydrogen-bond donors (Lipinski definition) is 0. The fourth-order valence-corrected chi connectivity index (χ4v) is 7.86. The van der Waals surface area contributed by atoms with Crippen molar-refractivity contribution < 1.29 is 28.6 Å². The van der Waals surface area contributed by atoms with Gasteiger partial charge in [0.15, 0.2) is 6.10 Å². The van der Waals surface area contributed by atoms with Crippen LogP contribution >= 0.6 is 0 Å². The second kappa shape index (κ2) is 58.6. The molecule has 6 heteroatoms. The third-order valence-corrected chi connectivity index (χ3v) is 12.3. The second-order valence-electron chi connectivity index (χ2n) is 19.2. The minimum absolute atomic E-state index is 0.0872. The van der Waals surface area contributed by atoms with E-state index in [-0.39, 0.29) is 31.1 Å². The highest BCUT2D eigenvalue weighted by Gasteiger charge is 2.19. The molecule has 0 saturated carbocycles. The van der Waals surface area contributed by atoms with Crippen LogP contribution in [0.4, 0.5) is 0 Å². The smallest absolute Gasteiger partial charge is 0.306 e. The van der Waals surface area contributed by atoms with Crippen LogP contribution in [-0.4, -0.2) is 37.2 Å². The fourth-order valence-electron chi connectivity index (χ4n) is 7.86. The molecule has 0 bridgehead atoms. The molecule has 0 aliphatic rings. The van der Waals surface area contributed by atoms with Gasteiger partial charge in [-0.15, -0.1) is 0 Å². The SMILES string of the molecule is CC/C=C\C/C=C\C/C=C\C/C=C\C/C=C\C/C=C\C/C=C\CCCCCCCC(=O)OCC(COC(=O)CCCCCCCCCCC)OC(=O)CCCCCCCCC/C=C\C/C=C\CCCCC. The molecule has 0 fully saturated rings. The molecule has 0 rings (SSSR count). The highest BCUT2D eigenvalue weighted by molar-refractivity contribution is 5.71. The summed E-state index contributed by atoms with van der Waals surface area (Å²) in [4.78, 5) is 38.1. The van der Waals surface area contributed by atoms with Gasteiger partial charge < -0.3 is 14.2 Å². The average molecular weight is 986 g/mol. The highest BCUT2D eigenvalue weighted by Crippen LogP contribution is 2.14. The van der Waals surface area contributed by atoms with E-state index in [1.807, 2.05) is 0 Å². The van der Waals surface area contributed by atoms with Crippen molar-refractivity contribution in [3.05, 3.63) is 109 Å². The summed E-state index contributed by atoms with van der Waals surface area (Å²) in [5.74, 6) is -0.917. The average Bonchev–Trinajstić information content (AvgIpc) is 3.37. The molecular formula is C65H108O6. The number of allylic oxidation sites excluding steroid dienone is 18. The first-order valence-electron chi connectivity index (χ1n) is 29.4. The van der Waals surface area contributed by atoms with Crippen molar-refractivity contribution >= 4 is 17.9 Å². The Bertz CT molecular complexity index is 1460. The van der Waals surface area contributed by atoms with Gasteiger partial charge in [-0.3, -0.25) is 14.4 Å². The summed E-state index contributed by atoms with van der Waals surface area (Å²) in [5.41, 5.74) is 0. The molecule has 0 aromatic carbocycles. The molecule has 0 amide bonds. The van der Waals surface area contributed by atoms with Crippen LogP contribution in [0.3, 0.4) is 0 Å². The van der Waals surface area contributed by atoms with Gasteiger partial charge in [-0.25, -0.2) is 0 Å². The lowest BCUT2D eigenvalue weighted by atomic mass is 10.1. The van der Waals surface area contributed by atoms with Crippen molar-refractivity contribution in [2.24, 2.45) is 0 Å². The minimum Gasteiger partial charge on any atom is -0.462 e. The van der Waals surface area contributed by atoms with Gasteiger partial charge in [-0.05, 0) is 109 Å². The molecule has 0 N–H and O–H groups in total. The molecule has 0 aromatic rings. The minimum atomic E-state index is -0.790. The van der Waals surface area contributed by atoms with Gasteiger partial charge >= 0.3 is 17.9 Å². The van der Waals surface area contributed by atoms with Gasteiger partial charge in [-0.1, -0.05) is 246 Å². The number of esters is 3. The van der Waals surface area contributed by atoms with Gasteiger partial charge in [0, 0.05) is 19.3 Å². The molecule has 0 aliphatic heterocycles. The van der Waals surface area contributed by atoms with Crippen LogP contribution in [0.15, 0.2) is 109 Å². The van der Waals surface area contributed by atoms with E-state index in [0.717, 1.165) is 135 Å². The van der Waals surface area contributed by atoms with Gasteiger partial charge in [-0.2, -0.15) is 0 Å². The summed E-state index contributed by atoms with van der Waals surface area (Å²) in [6, 6.07) is 0. The molecule has 6 nitrogen and oxygen atoms in total. The summed E-state index contributed by atoms with van der Waals surface area (Å²) < 4.78 is 16.8. The Morgan fingerprint density at radius 2 is 0.549 bits per heavy atom. The van der Waals surface area contributed by atoms with Crippen LogP contribution in [-0.2, 0) is 28.6 Å². The molecule has 404 valence electrons. The Kier molecular flexibility index (Phi) is 55.4. The molecule has 0 radical (unpaired) electrons. The quantitative estimate of drug-likeness (QED) is 0.0261. The Morgan fingerprint density at radius 1 is 0.296 bits per heavy atom. The van der Waals surface area contributed by atoms with Crippen molar-refractivity contribution in [1.29, 1.82) is 0 Å². The van der Waals surface area contributed by atoms with E-state index in [9.17, 15) is 14.4 Å². The molecule has 0 aromatic heterocycles. The van der Waals surface area contributed by atoms with E-state index in [2.05, 4.69) is 130 Å². The van der Waals surface area contributed by atoms with Crippen LogP contribution in [0.1, 0.15) is 265 Å². The first kappa shape index (κ1) is 67.1. The Morgan fingerprint density at radius 3 is 0.887 bits per heavy atom. The fraction of sp³-hybridized carbons (Fsp3) is 0.677. The predicted octanol–water partition coefficient (Wildman–Crippen LogP) is 19.9. The molecule has 0 aliphatic carbocycles. The first-order valence-corrected chi connectivity index (χ1v) is 29.4. The topological polar surface area (TPSA) is 78.9 Å². The zero-order valence-corrected chi connectivity index (χ0v) is 46.2. The number of unbranched alkanes of at least 4 members (excludes halogenated alkanes) is 23. The number of rotatable bonds is 52. The van der Waals surface area contributed by atoms with Crippen LogP contribution in [0.5, 0.6) is 0 Å². The lowest BCUT2D eigenvalue weighted by molar-refractivity contribution is -0.167. The molecule has 0 spiro atoms. The summed E-state index contributed by atoms with van der Waals surface area (Å²) in [6.07, 6.45) is 79.4. The van der Waals surface area contributed by atoms with Crippen LogP contribution < -0.4 is 0 Å². The van der Waals surface area contributed by atoms with Gasteiger partial charge in [0.1, 0.15) is 13.2 Å². The summed E-state index contributed by atoms with van der Waals surface area (Å²) >= 11 is 0. The Labute approximate surface area is 438 Å². The van der Waals surface area contributed by atoms with E-state index in [1.165, 1.54) is 89.9 Å². The molecule has 1 atom stereocenters. The van der Waals surface area contributed by atoms with E-state index in [1.54, 1.807) is 0 Å². The lowest BCUT2D eigenvalue weighted by Crippen LogP contribution is -2.30. The zero-order valence-electron chi connectivity index (χ0n) is 46.2. The van der Waals surface area contributed by atoms with Crippen LogP contribution in [0, 0.1) is 0 Å². The van der Waals surface area contributed by atoms with Gasteiger partial charge in [0.25, 0.3) is 0 Å². The molecule has 0 saturated heterocycles. The maximum absolute atomic E-state index is 12.8. The summed E-state index contributed by atoms with van der Waals surface area (Å²) in [6.45, 7) is 6.46. The standard InChI is InChI=1S/C65H108O6/c1-4-7-10-13-16-19-21-23-25-27-28-29-30-31-32-33-34-35-36-38-39-41-43-46-49-52-55-58-64(67)70-61-62(60-69-63(66)57-54-51-48-45-18-15-12-9-6-3)71-65(68)59-56-53-50-47-44-42-40-37-26-24-22-20-17-14-11-8-5-2/h7,10,16-17,19-20,23-26,28-29,31-32,34-35,38-39,62H,4-6,8-9,11-15,18,21-22,27,30,33,36-37,40-61H2,1-3H3/b10-7-,19-16-,20-17-,25-23-,26-24-,29-28-,32-31-,35-34-,39-38-. The lowest BCUT2D eigenvalue weighted by Gasteiger charge is -2.18. The van der Waals surface area contributed by atoms with Crippen LogP contribution in [0.2, 0.25) is 0 Å². The van der Waals surface area contributed by atoms with Crippen molar-refractivity contribution in [2.45, 2.75) is 271 Å². The van der Waals surface area contributed by atoms with E-state index < -0.39 is 6.10 Å². The molecular weight excluding hydrogens is 877 g/mol. The van der Waals surface area contributed by atoms with E-state index >= 15 is 0 Å². The maximum atomic E-state index is 12.8.